The minimum atomic E-state index is -0.171. The van der Waals surface area contributed by atoms with Gasteiger partial charge in [-0.05, 0) is 48.4 Å². The van der Waals surface area contributed by atoms with Crippen LogP contribution in [0.3, 0.4) is 0 Å². The molecule has 21 heavy (non-hydrogen) atoms. The first-order chi connectivity index (χ1) is 10.3. The molecule has 0 aliphatic rings. The Morgan fingerprint density at radius 2 is 1.90 bits per heavy atom. The normalized spacial score (nSPS) is 12.3. The molecule has 2 aromatic carbocycles. The summed E-state index contributed by atoms with van der Waals surface area (Å²) in [5.41, 5.74) is 9.50. The zero-order valence-electron chi connectivity index (χ0n) is 12.0. The van der Waals surface area contributed by atoms with Crippen molar-refractivity contribution in [2.24, 2.45) is 5.73 Å². The highest BCUT2D eigenvalue weighted by atomic mass is 16.5. The van der Waals surface area contributed by atoms with E-state index in [0.717, 1.165) is 27.8 Å². The Labute approximate surface area is 124 Å². The molecule has 1 atom stereocenters. The van der Waals surface area contributed by atoms with Crippen LogP contribution in [0.5, 0.6) is 5.75 Å². The van der Waals surface area contributed by atoms with Crippen LogP contribution in [-0.2, 0) is 0 Å². The summed E-state index contributed by atoms with van der Waals surface area (Å²) < 4.78 is 5.54. The van der Waals surface area contributed by atoms with E-state index in [1.807, 2.05) is 49.4 Å². The van der Waals surface area contributed by atoms with Crippen molar-refractivity contribution < 1.29 is 4.74 Å². The van der Waals surface area contributed by atoms with Crippen molar-refractivity contribution in [1.29, 1.82) is 0 Å². The van der Waals surface area contributed by atoms with Crippen LogP contribution in [0, 0.1) is 0 Å². The first kappa shape index (κ1) is 13.6. The molecule has 0 saturated heterocycles. The van der Waals surface area contributed by atoms with Gasteiger partial charge >= 0.3 is 0 Å². The lowest BCUT2D eigenvalue weighted by Crippen LogP contribution is -2.12. The summed E-state index contributed by atoms with van der Waals surface area (Å²) in [7, 11) is 0. The topological polar surface area (TPSA) is 48.1 Å². The lowest BCUT2D eigenvalue weighted by atomic mass is 9.98. The molecule has 1 aromatic heterocycles. The largest absolute Gasteiger partial charge is 0.494 e. The van der Waals surface area contributed by atoms with Gasteiger partial charge in [0.25, 0.3) is 0 Å². The average molecular weight is 278 g/mol. The third-order valence-corrected chi connectivity index (χ3v) is 3.51. The molecular weight excluding hydrogens is 260 g/mol. The Morgan fingerprint density at radius 1 is 1.05 bits per heavy atom. The minimum absolute atomic E-state index is 0.171. The molecule has 0 amide bonds. The van der Waals surface area contributed by atoms with E-state index < -0.39 is 0 Å². The molecule has 106 valence electrons. The lowest BCUT2D eigenvalue weighted by molar-refractivity contribution is 0.340. The number of nitrogens with two attached hydrogens (primary N) is 1. The van der Waals surface area contributed by atoms with E-state index in [1.165, 1.54) is 0 Å². The van der Waals surface area contributed by atoms with Gasteiger partial charge in [-0.3, -0.25) is 4.98 Å². The van der Waals surface area contributed by atoms with Gasteiger partial charge in [0.15, 0.2) is 0 Å². The molecule has 3 rings (SSSR count). The first-order valence-corrected chi connectivity index (χ1v) is 7.11. The van der Waals surface area contributed by atoms with Gasteiger partial charge in [0, 0.05) is 11.6 Å². The Hall–Kier alpha value is -2.39. The standard InChI is InChI=1S/C18H18N2O/c1-2-21-16-7-3-5-14(12-16)18(19)15-8-9-17-13(11-15)6-4-10-20-17/h3-12,18H,2,19H2,1H3. The van der Waals surface area contributed by atoms with Crippen molar-refractivity contribution in [3.63, 3.8) is 0 Å². The van der Waals surface area contributed by atoms with Crippen LogP contribution >= 0.6 is 0 Å². The third-order valence-electron chi connectivity index (χ3n) is 3.51. The fourth-order valence-electron chi connectivity index (χ4n) is 2.44. The van der Waals surface area contributed by atoms with Gasteiger partial charge in [0.1, 0.15) is 5.75 Å². The zero-order valence-corrected chi connectivity index (χ0v) is 12.0. The quantitative estimate of drug-likeness (QED) is 0.792. The fourth-order valence-corrected chi connectivity index (χ4v) is 2.44. The number of benzene rings is 2. The molecule has 3 nitrogen and oxygen atoms in total. The number of fused-ring (bicyclic) bond motifs is 1. The van der Waals surface area contributed by atoms with E-state index >= 15 is 0 Å². The molecule has 0 aliphatic carbocycles. The summed E-state index contributed by atoms with van der Waals surface area (Å²) in [5.74, 6) is 0.855. The maximum Gasteiger partial charge on any atom is 0.119 e. The van der Waals surface area contributed by atoms with E-state index in [-0.39, 0.29) is 6.04 Å². The second kappa shape index (κ2) is 5.94. The van der Waals surface area contributed by atoms with Gasteiger partial charge in [-0.25, -0.2) is 0 Å². The van der Waals surface area contributed by atoms with Crippen LogP contribution in [0.4, 0.5) is 0 Å². The summed E-state index contributed by atoms with van der Waals surface area (Å²) in [5, 5.41) is 1.10. The number of rotatable bonds is 4. The molecule has 0 aliphatic heterocycles. The Bertz CT molecular complexity index is 755. The molecular formula is C18H18N2O. The van der Waals surface area contributed by atoms with Crippen LogP contribution in [-0.4, -0.2) is 11.6 Å². The summed E-state index contributed by atoms with van der Waals surface area (Å²) in [6.07, 6.45) is 1.80. The van der Waals surface area contributed by atoms with Crippen LogP contribution in [0.15, 0.2) is 60.8 Å². The average Bonchev–Trinajstić information content (AvgIpc) is 2.54. The summed E-state index contributed by atoms with van der Waals surface area (Å²) in [6.45, 7) is 2.63. The summed E-state index contributed by atoms with van der Waals surface area (Å²) in [6, 6.07) is 17.9. The van der Waals surface area contributed by atoms with Crippen molar-refractivity contribution in [2.45, 2.75) is 13.0 Å². The number of nitrogens with zero attached hydrogens (tertiary/aromatic N) is 1. The van der Waals surface area contributed by atoms with E-state index in [2.05, 4.69) is 17.1 Å². The van der Waals surface area contributed by atoms with E-state index in [9.17, 15) is 0 Å². The predicted molar refractivity (Wildman–Crippen MR) is 85.4 cm³/mol. The van der Waals surface area contributed by atoms with Crippen molar-refractivity contribution in [1.82, 2.24) is 4.98 Å². The second-order valence-electron chi connectivity index (χ2n) is 4.94. The number of aromatic nitrogens is 1. The van der Waals surface area contributed by atoms with Gasteiger partial charge in [0.2, 0.25) is 0 Å². The smallest absolute Gasteiger partial charge is 0.119 e. The van der Waals surface area contributed by atoms with Crippen LogP contribution in [0.1, 0.15) is 24.1 Å². The molecule has 0 bridgehead atoms. The van der Waals surface area contributed by atoms with Crippen molar-refractivity contribution in [3.8, 4) is 5.75 Å². The number of hydrogen-bond acceptors (Lipinski definition) is 3. The highest BCUT2D eigenvalue weighted by Crippen LogP contribution is 2.25. The Morgan fingerprint density at radius 3 is 2.76 bits per heavy atom. The molecule has 0 spiro atoms. The lowest BCUT2D eigenvalue weighted by Gasteiger charge is -2.14. The number of ether oxygens (including phenoxy) is 1. The highest BCUT2D eigenvalue weighted by Gasteiger charge is 2.10. The summed E-state index contributed by atoms with van der Waals surface area (Å²) >= 11 is 0. The highest BCUT2D eigenvalue weighted by molar-refractivity contribution is 5.79. The molecule has 1 heterocycles. The van der Waals surface area contributed by atoms with Crippen molar-refractivity contribution >= 4 is 10.9 Å². The van der Waals surface area contributed by atoms with E-state index in [1.54, 1.807) is 6.20 Å². The minimum Gasteiger partial charge on any atom is -0.494 e. The van der Waals surface area contributed by atoms with Crippen molar-refractivity contribution in [2.75, 3.05) is 6.61 Å². The fraction of sp³-hybridized carbons (Fsp3) is 0.167. The molecule has 2 N–H and O–H groups in total. The van der Waals surface area contributed by atoms with Crippen LogP contribution in [0.25, 0.3) is 10.9 Å². The van der Waals surface area contributed by atoms with Gasteiger partial charge in [0.05, 0.1) is 18.2 Å². The number of pyridine rings is 1. The van der Waals surface area contributed by atoms with Crippen LogP contribution in [0.2, 0.25) is 0 Å². The molecule has 3 aromatic rings. The van der Waals surface area contributed by atoms with Crippen LogP contribution < -0.4 is 10.5 Å². The number of hydrogen-bond donors (Lipinski definition) is 1. The molecule has 0 fully saturated rings. The van der Waals surface area contributed by atoms with Gasteiger partial charge in [-0.2, -0.15) is 0 Å². The molecule has 0 radical (unpaired) electrons. The SMILES string of the molecule is CCOc1cccc(C(N)c2ccc3ncccc3c2)c1. The van der Waals surface area contributed by atoms with Gasteiger partial charge in [-0.1, -0.05) is 24.3 Å². The first-order valence-electron chi connectivity index (χ1n) is 7.11. The molecule has 3 heteroatoms. The summed E-state index contributed by atoms with van der Waals surface area (Å²) in [4.78, 5) is 4.33. The Balaban J connectivity index is 1.95. The maximum absolute atomic E-state index is 6.40. The van der Waals surface area contributed by atoms with Crippen molar-refractivity contribution in [3.05, 3.63) is 71.9 Å². The van der Waals surface area contributed by atoms with E-state index in [4.69, 9.17) is 10.5 Å². The maximum atomic E-state index is 6.40. The monoisotopic (exact) mass is 278 g/mol. The van der Waals surface area contributed by atoms with E-state index in [0.29, 0.717) is 6.61 Å². The molecule has 1 unspecified atom stereocenters. The second-order valence-corrected chi connectivity index (χ2v) is 4.94. The predicted octanol–water partition coefficient (Wildman–Crippen LogP) is 3.68. The molecule has 0 saturated carbocycles. The Kier molecular flexibility index (Phi) is 3.84. The third kappa shape index (κ3) is 2.88. The zero-order chi connectivity index (χ0) is 14.7. The van der Waals surface area contributed by atoms with Gasteiger partial charge in [-0.15, -0.1) is 0 Å². The van der Waals surface area contributed by atoms with Gasteiger partial charge < -0.3 is 10.5 Å².